The minimum absolute atomic E-state index is 0.235. The van der Waals surface area contributed by atoms with Crippen molar-refractivity contribution in [3.05, 3.63) is 66.2 Å². The third-order valence-electron chi connectivity index (χ3n) is 3.54. The molecule has 0 radical (unpaired) electrons. The lowest BCUT2D eigenvalue weighted by atomic mass is 10.2. The molecule has 0 heterocycles. The molecule has 0 amide bonds. The topological polar surface area (TPSA) is 67.8 Å². The van der Waals surface area contributed by atoms with Crippen molar-refractivity contribution in [2.24, 2.45) is 0 Å². The Balaban J connectivity index is 1.47. The van der Waals surface area contributed by atoms with E-state index in [0.717, 1.165) is 11.3 Å². The lowest BCUT2D eigenvalue weighted by molar-refractivity contribution is -0.145. The summed E-state index contributed by atoms with van der Waals surface area (Å²) in [4.78, 5) is 11.6. The third-order valence-corrected chi connectivity index (χ3v) is 3.54. The minimum atomic E-state index is -0.592. The maximum atomic E-state index is 11.6. The maximum Gasteiger partial charge on any atom is 0.306 e. The molecule has 0 aromatic heterocycles. The second-order valence-corrected chi connectivity index (χ2v) is 5.73. The van der Waals surface area contributed by atoms with Crippen molar-refractivity contribution in [1.29, 1.82) is 0 Å². The highest BCUT2D eigenvalue weighted by molar-refractivity contribution is 5.69. The zero-order valence-corrected chi connectivity index (χ0v) is 14.3. The van der Waals surface area contributed by atoms with Crippen LogP contribution in [0.1, 0.15) is 18.4 Å². The Morgan fingerprint density at radius 1 is 1.04 bits per heavy atom. The third kappa shape index (κ3) is 8.33. The molecule has 0 aliphatic heterocycles. The molecule has 0 aliphatic carbocycles. The largest absolute Gasteiger partial charge is 0.461 e. The minimum Gasteiger partial charge on any atom is -0.461 e. The SMILES string of the molecule is O=C(CCCOCC(O)CNc1ccccc1)OCc1ccccc1. The van der Waals surface area contributed by atoms with Gasteiger partial charge in [0, 0.05) is 25.3 Å². The molecule has 1 atom stereocenters. The Hall–Kier alpha value is -2.37. The Kier molecular flexibility index (Phi) is 8.52. The van der Waals surface area contributed by atoms with Crippen molar-refractivity contribution in [1.82, 2.24) is 0 Å². The number of rotatable bonds is 11. The van der Waals surface area contributed by atoms with Crippen molar-refractivity contribution in [2.75, 3.05) is 25.1 Å². The molecule has 5 heteroatoms. The van der Waals surface area contributed by atoms with E-state index in [9.17, 15) is 9.90 Å². The van der Waals surface area contributed by atoms with Crippen LogP contribution >= 0.6 is 0 Å². The molecule has 0 spiro atoms. The number of para-hydroxylation sites is 1. The fourth-order valence-electron chi connectivity index (χ4n) is 2.20. The highest BCUT2D eigenvalue weighted by Gasteiger charge is 2.06. The molecular formula is C20H25NO4. The number of aliphatic hydroxyl groups excluding tert-OH is 1. The summed E-state index contributed by atoms with van der Waals surface area (Å²) < 4.78 is 10.6. The van der Waals surface area contributed by atoms with Gasteiger partial charge < -0.3 is 19.9 Å². The Morgan fingerprint density at radius 2 is 1.72 bits per heavy atom. The lowest BCUT2D eigenvalue weighted by Crippen LogP contribution is -2.25. The number of carbonyl (C=O) groups is 1. The number of esters is 1. The molecule has 2 N–H and O–H groups in total. The summed E-state index contributed by atoms with van der Waals surface area (Å²) in [7, 11) is 0. The van der Waals surface area contributed by atoms with Crippen LogP contribution in [-0.4, -0.2) is 36.9 Å². The second kappa shape index (κ2) is 11.2. The van der Waals surface area contributed by atoms with Gasteiger partial charge in [-0.25, -0.2) is 0 Å². The number of nitrogens with one attached hydrogen (secondary N) is 1. The zero-order chi connectivity index (χ0) is 17.7. The van der Waals surface area contributed by atoms with E-state index in [1.165, 1.54) is 0 Å². The first-order chi connectivity index (χ1) is 12.2. The summed E-state index contributed by atoms with van der Waals surface area (Å²) in [6.45, 7) is 1.37. The van der Waals surface area contributed by atoms with E-state index in [-0.39, 0.29) is 12.6 Å². The van der Waals surface area contributed by atoms with Gasteiger partial charge >= 0.3 is 5.97 Å². The molecule has 2 rings (SSSR count). The smallest absolute Gasteiger partial charge is 0.306 e. The summed E-state index contributed by atoms with van der Waals surface area (Å²) in [6.07, 6.45) is 0.294. The van der Waals surface area contributed by atoms with Gasteiger partial charge in [-0.15, -0.1) is 0 Å². The van der Waals surface area contributed by atoms with Crippen LogP contribution in [0.15, 0.2) is 60.7 Å². The van der Waals surface area contributed by atoms with Crippen molar-refractivity contribution in [3.8, 4) is 0 Å². The fraction of sp³-hybridized carbons (Fsp3) is 0.350. The fourth-order valence-corrected chi connectivity index (χ4v) is 2.20. The van der Waals surface area contributed by atoms with Crippen LogP contribution in [0.5, 0.6) is 0 Å². The monoisotopic (exact) mass is 343 g/mol. The van der Waals surface area contributed by atoms with E-state index in [1.807, 2.05) is 60.7 Å². The van der Waals surface area contributed by atoms with Crippen molar-refractivity contribution >= 4 is 11.7 Å². The quantitative estimate of drug-likeness (QED) is 0.485. The van der Waals surface area contributed by atoms with E-state index in [2.05, 4.69) is 5.32 Å². The number of anilines is 1. The van der Waals surface area contributed by atoms with Gasteiger partial charge in [-0.1, -0.05) is 48.5 Å². The van der Waals surface area contributed by atoms with E-state index in [1.54, 1.807) is 0 Å². The molecule has 0 saturated carbocycles. The van der Waals surface area contributed by atoms with Gasteiger partial charge in [0.1, 0.15) is 6.61 Å². The Morgan fingerprint density at radius 3 is 2.44 bits per heavy atom. The summed E-state index contributed by atoms with van der Waals surface area (Å²) >= 11 is 0. The zero-order valence-electron chi connectivity index (χ0n) is 14.3. The van der Waals surface area contributed by atoms with Crippen LogP contribution in [0, 0.1) is 0 Å². The molecule has 2 aromatic carbocycles. The average molecular weight is 343 g/mol. The summed E-state index contributed by atoms with van der Waals surface area (Å²) in [5.41, 5.74) is 1.93. The van der Waals surface area contributed by atoms with E-state index in [0.29, 0.717) is 32.6 Å². The second-order valence-electron chi connectivity index (χ2n) is 5.73. The lowest BCUT2D eigenvalue weighted by Gasteiger charge is -2.13. The maximum absolute atomic E-state index is 11.6. The first-order valence-corrected chi connectivity index (χ1v) is 8.48. The number of hydrogen-bond donors (Lipinski definition) is 2. The standard InChI is InChI=1S/C20H25NO4/c22-19(14-21-18-10-5-2-6-11-18)16-24-13-7-12-20(23)25-15-17-8-3-1-4-9-17/h1-6,8-11,19,21-22H,7,12-16H2. The molecule has 0 fully saturated rings. The summed E-state index contributed by atoms with van der Waals surface area (Å²) in [5.74, 6) is -0.237. The summed E-state index contributed by atoms with van der Waals surface area (Å²) in [5, 5.41) is 13.0. The Bertz CT molecular complexity index is 604. The van der Waals surface area contributed by atoms with Crippen LogP contribution < -0.4 is 5.32 Å². The first-order valence-electron chi connectivity index (χ1n) is 8.48. The number of ether oxygens (including phenoxy) is 2. The van der Waals surface area contributed by atoms with Crippen LogP contribution in [0.25, 0.3) is 0 Å². The predicted octanol–water partition coefficient (Wildman–Crippen LogP) is 3.00. The number of carbonyl (C=O) groups excluding carboxylic acids is 1. The van der Waals surface area contributed by atoms with Gasteiger partial charge in [0.05, 0.1) is 12.7 Å². The van der Waals surface area contributed by atoms with E-state index in [4.69, 9.17) is 9.47 Å². The highest BCUT2D eigenvalue weighted by atomic mass is 16.5. The van der Waals surface area contributed by atoms with Gasteiger partial charge in [0.15, 0.2) is 0 Å². The van der Waals surface area contributed by atoms with Crippen LogP contribution in [0.2, 0.25) is 0 Å². The van der Waals surface area contributed by atoms with Gasteiger partial charge in [0.2, 0.25) is 0 Å². The van der Waals surface area contributed by atoms with Crippen molar-refractivity contribution in [2.45, 2.75) is 25.6 Å². The van der Waals surface area contributed by atoms with Crippen molar-refractivity contribution in [3.63, 3.8) is 0 Å². The molecule has 134 valence electrons. The Labute approximate surface area is 148 Å². The average Bonchev–Trinajstić information content (AvgIpc) is 2.66. The van der Waals surface area contributed by atoms with Gasteiger partial charge in [-0.05, 0) is 24.1 Å². The first kappa shape index (κ1) is 19.0. The summed E-state index contributed by atoms with van der Waals surface area (Å²) in [6, 6.07) is 19.3. The molecule has 2 aromatic rings. The number of benzene rings is 2. The molecule has 25 heavy (non-hydrogen) atoms. The highest BCUT2D eigenvalue weighted by Crippen LogP contribution is 2.05. The van der Waals surface area contributed by atoms with Gasteiger partial charge in [0.25, 0.3) is 0 Å². The molecule has 0 bridgehead atoms. The van der Waals surface area contributed by atoms with Crippen LogP contribution in [-0.2, 0) is 20.9 Å². The van der Waals surface area contributed by atoms with E-state index < -0.39 is 6.10 Å². The number of aliphatic hydroxyl groups is 1. The molecule has 5 nitrogen and oxygen atoms in total. The van der Waals surface area contributed by atoms with Gasteiger partial charge in [-0.3, -0.25) is 4.79 Å². The normalized spacial score (nSPS) is 11.7. The molecule has 0 saturated heterocycles. The molecule has 1 unspecified atom stereocenters. The van der Waals surface area contributed by atoms with Crippen molar-refractivity contribution < 1.29 is 19.4 Å². The van der Waals surface area contributed by atoms with Crippen LogP contribution in [0.3, 0.4) is 0 Å². The number of hydrogen-bond acceptors (Lipinski definition) is 5. The van der Waals surface area contributed by atoms with Gasteiger partial charge in [-0.2, -0.15) is 0 Å². The predicted molar refractivity (Wildman–Crippen MR) is 97.2 cm³/mol. The van der Waals surface area contributed by atoms with E-state index >= 15 is 0 Å². The molecular weight excluding hydrogens is 318 g/mol. The molecule has 0 aliphatic rings. The van der Waals surface area contributed by atoms with Crippen LogP contribution in [0.4, 0.5) is 5.69 Å².